The van der Waals surface area contributed by atoms with E-state index in [1.165, 1.54) is 0 Å². The monoisotopic (exact) mass is 359 g/mol. The fourth-order valence-electron chi connectivity index (χ4n) is 3.08. The highest BCUT2D eigenvalue weighted by atomic mass is 16.3. The van der Waals surface area contributed by atoms with Crippen LogP contribution in [-0.4, -0.2) is 17.6 Å². The van der Waals surface area contributed by atoms with Gasteiger partial charge in [0.25, 0.3) is 0 Å². The van der Waals surface area contributed by atoms with Crippen LogP contribution in [-0.2, 0) is 16.8 Å². The number of hydrogen-bond donors (Lipinski definition) is 2. The summed E-state index contributed by atoms with van der Waals surface area (Å²) < 4.78 is 0. The van der Waals surface area contributed by atoms with E-state index >= 15 is 0 Å². The minimum absolute atomic E-state index is 0.0358. The fourth-order valence-corrected chi connectivity index (χ4v) is 3.08. The van der Waals surface area contributed by atoms with E-state index in [0.717, 1.165) is 22.3 Å². The van der Waals surface area contributed by atoms with E-state index in [1.807, 2.05) is 72.8 Å². The quantitative estimate of drug-likeness (QED) is 0.660. The molecule has 0 aliphatic rings. The number of benzene rings is 3. The first-order chi connectivity index (χ1) is 13.0. The number of carbonyl (C=O) groups excluding carboxylic acids is 1. The third-order valence-corrected chi connectivity index (χ3v) is 4.76. The minimum Gasteiger partial charge on any atom is -0.385 e. The molecule has 2 N–H and O–H groups in total. The lowest BCUT2D eigenvalue weighted by Crippen LogP contribution is -2.32. The SMILES string of the molecule is C[C@@](O)(CCNC(=O)Cc1ccc(-c2ccccc2)cc1)c1ccccc1. The van der Waals surface area contributed by atoms with Crippen molar-refractivity contribution in [1.29, 1.82) is 0 Å². The predicted octanol–water partition coefficient (Wildman–Crippen LogP) is 4.31. The molecule has 3 rings (SSSR count). The van der Waals surface area contributed by atoms with Crippen LogP contribution >= 0.6 is 0 Å². The summed E-state index contributed by atoms with van der Waals surface area (Å²) in [4.78, 5) is 12.2. The van der Waals surface area contributed by atoms with Gasteiger partial charge in [-0.05, 0) is 35.6 Å². The van der Waals surface area contributed by atoms with Crippen LogP contribution in [0.4, 0.5) is 0 Å². The number of aliphatic hydroxyl groups is 1. The van der Waals surface area contributed by atoms with Crippen LogP contribution < -0.4 is 5.32 Å². The first-order valence-electron chi connectivity index (χ1n) is 9.23. The van der Waals surface area contributed by atoms with Crippen molar-refractivity contribution < 1.29 is 9.90 Å². The standard InChI is InChI=1S/C24H25NO2/c1-24(27,22-10-6-3-7-11-22)16-17-25-23(26)18-19-12-14-21(15-13-19)20-8-4-2-5-9-20/h2-15,27H,16-18H2,1H3,(H,25,26)/t24-/m1/s1. The van der Waals surface area contributed by atoms with E-state index in [-0.39, 0.29) is 5.91 Å². The van der Waals surface area contributed by atoms with Crippen molar-refractivity contribution >= 4 is 5.91 Å². The van der Waals surface area contributed by atoms with Gasteiger partial charge in [-0.2, -0.15) is 0 Å². The average molecular weight is 359 g/mol. The van der Waals surface area contributed by atoms with Gasteiger partial charge < -0.3 is 10.4 Å². The maximum absolute atomic E-state index is 12.2. The second-order valence-corrected chi connectivity index (χ2v) is 6.98. The molecule has 0 saturated heterocycles. The van der Waals surface area contributed by atoms with Crippen molar-refractivity contribution in [2.45, 2.75) is 25.4 Å². The van der Waals surface area contributed by atoms with E-state index in [4.69, 9.17) is 0 Å². The Morgan fingerprint density at radius 3 is 2.04 bits per heavy atom. The van der Waals surface area contributed by atoms with Gasteiger partial charge in [-0.25, -0.2) is 0 Å². The molecule has 0 spiro atoms. The predicted molar refractivity (Wildman–Crippen MR) is 109 cm³/mol. The van der Waals surface area contributed by atoms with E-state index < -0.39 is 5.60 Å². The zero-order valence-corrected chi connectivity index (χ0v) is 15.6. The second-order valence-electron chi connectivity index (χ2n) is 6.98. The van der Waals surface area contributed by atoms with Crippen molar-refractivity contribution in [1.82, 2.24) is 5.32 Å². The van der Waals surface area contributed by atoms with Crippen LogP contribution in [0.25, 0.3) is 11.1 Å². The van der Waals surface area contributed by atoms with Gasteiger partial charge in [-0.3, -0.25) is 4.79 Å². The molecule has 3 aromatic rings. The maximum atomic E-state index is 12.2. The molecule has 1 atom stereocenters. The van der Waals surface area contributed by atoms with Gasteiger partial charge in [0.2, 0.25) is 5.91 Å². The summed E-state index contributed by atoms with van der Waals surface area (Å²) in [7, 11) is 0. The molecule has 3 heteroatoms. The summed E-state index contributed by atoms with van der Waals surface area (Å²) in [5.74, 6) is -0.0358. The van der Waals surface area contributed by atoms with E-state index in [0.29, 0.717) is 19.4 Å². The first kappa shape index (κ1) is 18.9. The molecule has 0 heterocycles. The van der Waals surface area contributed by atoms with Gasteiger partial charge in [0, 0.05) is 6.54 Å². The lowest BCUT2D eigenvalue weighted by atomic mass is 9.92. The molecule has 138 valence electrons. The van der Waals surface area contributed by atoms with Crippen LogP contribution in [0.3, 0.4) is 0 Å². The number of rotatable bonds is 7. The van der Waals surface area contributed by atoms with Crippen molar-refractivity contribution in [2.75, 3.05) is 6.54 Å². The van der Waals surface area contributed by atoms with Gasteiger partial charge in [0.15, 0.2) is 0 Å². The first-order valence-corrected chi connectivity index (χ1v) is 9.23. The van der Waals surface area contributed by atoms with Gasteiger partial charge >= 0.3 is 0 Å². The molecule has 0 saturated carbocycles. The number of amides is 1. The van der Waals surface area contributed by atoms with Crippen molar-refractivity contribution in [3.63, 3.8) is 0 Å². The molecule has 0 unspecified atom stereocenters. The summed E-state index contributed by atoms with van der Waals surface area (Å²) in [6.45, 7) is 2.21. The molecular formula is C24H25NO2. The van der Waals surface area contributed by atoms with Gasteiger partial charge in [0.1, 0.15) is 0 Å². The van der Waals surface area contributed by atoms with E-state index in [9.17, 15) is 9.90 Å². The Hall–Kier alpha value is -2.91. The van der Waals surface area contributed by atoms with Crippen molar-refractivity contribution in [3.8, 4) is 11.1 Å². The molecule has 3 nitrogen and oxygen atoms in total. The summed E-state index contributed by atoms with van der Waals surface area (Å²) in [5, 5.41) is 13.5. The highest BCUT2D eigenvalue weighted by Crippen LogP contribution is 2.23. The van der Waals surface area contributed by atoms with Crippen LogP contribution in [0.5, 0.6) is 0 Å². The molecule has 1 amide bonds. The van der Waals surface area contributed by atoms with E-state index in [2.05, 4.69) is 17.4 Å². The molecule has 0 radical (unpaired) electrons. The zero-order chi connectivity index (χ0) is 19.1. The van der Waals surface area contributed by atoms with Crippen molar-refractivity contribution in [2.24, 2.45) is 0 Å². The zero-order valence-electron chi connectivity index (χ0n) is 15.6. The molecule has 27 heavy (non-hydrogen) atoms. The molecular weight excluding hydrogens is 334 g/mol. The molecule has 0 aliphatic carbocycles. The minimum atomic E-state index is -0.953. The molecule has 0 bridgehead atoms. The van der Waals surface area contributed by atoms with Crippen LogP contribution in [0.1, 0.15) is 24.5 Å². The Labute approximate surface area is 160 Å². The maximum Gasteiger partial charge on any atom is 0.224 e. The Bertz CT molecular complexity index is 856. The Kier molecular flexibility index (Phi) is 6.05. The van der Waals surface area contributed by atoms with Crippen LogP contribution in [0.15, 0.2) is 84.9 Å². The third kappa shape index (κ3) is 5.28. The molecule has 0 fully saturated rings. The van der Waals surface area contributed by atoms with Crippen molar-refractivity contribution in [3.05, 3.63) is 96.1 Å². The summed E-state index contributed by atoms with van der Waals surface area (Å²) in [6, 6.07) is 27.8. The highest BCUT2D eigenvalue weighted by molar-refractivity contribution is 5.78. The highest BCUT2D eigenvalue weighted by Gasteiger charge is 2.22. The van der Waals surface area contributed by atoms with Gasteiger partial charge in [-0.1, -0.05) is 84.9 Å². The molecule has 0 aromatic heterocycles. The number of hydrogen-bond acceptors (Lipinski definition) is 2. The van der Waals surface area contributed by atoms with Crippen LogP contribution in [0, 0.1) is 0 Å². The summed E-state index contributed by atoms with van der Waals surface area (Å²) >= 11 is 0. The largest absolute Gasteiger partial charge is 0.385 e. The molecule has 3 aromatic carbocycles. The Morgan fingerprint density at radius 1 is 0.852 bits per heavy atom. The summed E-state index contributed by atoms with van der Waals surface area (Å²) in [5.41, 5.74) is 3.18. The normalized spacial score (nSPS) is 13.0. The number of nitrogens with one attached hydrogen (secondary N) is 1. The van der Waals surface area contributed by atoms with Gasteiger partial charge in [0.05, 0.1) is 12.0 Å². The lowest BCUT2D eigenvalue weighted by molar-refractivity contribution is -0.120. The smallest absolute Gasteiger partial charge is 0.224 e. The summed E-state index contributed by atoms with van der Waals surface area (Å²) in [6.07, 6.45) is 0.804. The Balaban J connectivity index is 1.49. The third-order valence-electron chi connectivity index (χ3n) is 4.76. The topological polar surface area (TPSA) is 49.3 Å². The second kappa shape index (κ2) is 8.65. The van der Waals surface area contributed by atoms with Gasteiger partial charge in [-0.15, -0.1) is 0 Å². The lowest BCUT2D eigenvalue weighted by Gasteiger charge is -2.24. The fraction of sp³-hybridized carbons (Fsp3) is 0.208. The Morgan fingerprint density at radius 2 is 1.41 bits per heavy atom. The van der Waals surface area contributed by atoms with E-state index in [1.54, 1.807) is 6.92 Å². The average Bonchev–Trinajstić information content (AvgIpc) is 2.70. The van der Waals surface area contributed by atoms with Crippen LogP contribution in [0.2, 0.25) is 0 Å². The number of carbonyl (C=O) groups is 1. The molecule has 0 aliphatic heterocycles.